The first-order chi connectivity index (χ1) is 12.1. The van der Waals surface area contributed by atoms with Gasteiger partial charge in [0.2, 0.25) is 5.88 Å². The van der Waals surface area contributed by atoms with E-state index in [0.717, 1.165) is 12.1 Å². The van der Waals surface area contributed by atoms with Crippen molar-refractivity contribution >= 4 is 30.6 Å². The summed E-state index contributed by atoms with van der Waals surface area (Å²) in [5, 5.41) is 4.66. The van der Waals surface area contributed by atoms with Crippen LogP contribution in [0.2, 0.25) is 0 Å². The van der Waals surface area contributed by atoms with Gasteiger partial charge in [0.05, 0.1) is 35.0 Å². The fourth-order valence-electron chi connectivity index (χ4n) is 2.52. The van der Waals surface area contributed by atoms with Gasteiger partial charge < -0.3 is 4.74 Å². The fraction of sp³-hybridized carbons (Fsp3) is 0.188. The van der Waals surface area contributed by atoms with E-state index in [1.165, 1.54) is 42.1 Å². The molecule has 26 heavy (non-hydrogen) atoms. The molecule has 0 N–H and O–H groups in total. The molecule has 0 aliphatic rings. The first-order valence-corrected chi connectivity index (χ1v) is 9.56. The number of fused-ring (bicyclic) bond motifs is 1. The monoisotopic (exact) mass is 404 g/mol. The van der Waals surface area contributed by atoms with Crippen molar-refractivity contribution in [3.8, 4) is 5.88 Å². The molecule has 0 atom stereocenters. The van der Waals surface area contributed by atoms with Crippen LogP contribution in [0.15, 0.2) is 47.4 Å². The Hall–Kier alpha value is -2.26. The predicted octanol–water partition coefficient (Wildman–Crippen LogP) is 4.04. The van der Waals surface area contributed by atoms with Gasteiger partial charge in [0.15, 0.2) is 0 Å². The second-order valence-electron chi connectivity index (χ2n) is 5.48. The number of hydrogen-bond acceptors (Lipinski definition) is 4. The van der Waals surface area contributed by atoms with Gasteiger partial charge in [-0.15, -0.1) is 5.10 Å². The number of nitrogens with zero attached hydrogens (tertiary/aromatic N) is 2. The molecule has 10 heteroatoms. The summed E-state index contributed by atoms with van der Waals surface area (Å²) in [6.07, 6.45) is -4.40. The molecule has 138 valence electrons. The lowest BCUT2D eigenvalue weighted by molar-refractivity contribution is -0.137. The molecule has 0 aliphatic heterocycles. The van der Waals surface area contributed by atoms with Crippen LogP contribution < -0.4 is 4.74 Å². The molecule has 0 fully saturated rings. The van der Waals surface area contributed by atoms with Gasteiger partial charge in [-0.25, -0.2) is 8.42 Å². The van der Waals surface area contributed by atoms with E-state index in [2.05, 4.69) is 5.10 Å². The molecule has 0 saturated carbocycles. The lowest BCUT2D eigenvalue weighted by Gasteiger charge is -2.08. The lowest BCUT2D eigenvalue weighted by Crippen LogP contribution is -2.06. The molecular formula is C16H12ClF3N2O3S. The first-order valence-electron chi connectivity index (χ1n) is 7.25. The number of aromatic nitrogens is 2. The molecule has 0 unspecified atom stereocenters. The van der Waals surface area contributed by atoms with Crippen molar-refractivity contribution in [3.63, 3.8) is 0 Å². The molecule has 0 saturated heterocycles. The Morgan fingerprint density at radius 2 is 1.81 bits per heavy atom. The third-order valence-corrected chi connectivity index (χ3v) is 5.13. The molecule has 5 nitrogen and oxygen atoms in total. The maximum Gasteiger partial charge on any atom is 0.416 e. The van der Waals surface area contributed by atoms with E-state index < -0.39 is 20.8 Å². The van der Waals surface area contributed by atoms with Gasteiger partial charge in [-0.05, 0) is 35.9 Å². The largest absolute Gasteiger partial charge is 0.479 e. The third kappa shape index (κ3) is 3.63. The highest BCUT2D eigenvalue weighted by molar-refractivity contribution is 8.13. The minimum atomic E-state index is -4.40. The summed E-state index contributed by atoms with van der Waals surface area (Å²) < 4.78 is 67.6. The Kier molecular flexibility index (Phi) is 4.61. The van der Waals surface area contributed by atoms with Crippen LogP contribution in [0.1, 0.15) is 11.1 Å². The summed E-state index contributed by atoms with van der Waals surface area (Å²) in [6, 6.07) is 8.90. The maximum atomic E-state index is 12.6. The zero-order valence-electron chi connectivity index (χ0n) is 13.3. The Bertz CT molecular complexity index is 1060. The molecule has 0 amide bonds. The number of rotatable bonds is 4. The van der Waals surface area contributed by atoms with Crippen LogP contribution >= 0.6 is 10.7 Å². The van der Waals surface area contributed by atoms with E-state index in [0.29, 0.717) is 16.5 Å². The molecule has 0 radical (unpaired) electrons. The molecular weight excluding hydrogens is 393 g/mol. The molecule has 1 aromatic heterocycles. The van der Waals surface area contributed by atoms with Gasteiger partial charge in [-0.1, -0.05) is 12.1 Å². The standard InChI is InChI=1S/C16H12ClF3N2O3S/c1-25-15-13-8-12(26(17,23)24)6-7-14(13)22(21-15)9-10-2-4-11(5-3-10)16(18,19)20/h2-8H,9H2,1H3. The molecule has 3 rings (SSSR count). The Labute approximate surface area is 151 Å². The van der Waals surface area contributed by atoms with Crippen LogP contribution in [0.5, 0.6) is 5.88 Å². The van der Waals surface area contributed by atoms with Gasteiger partial charge in [-0.2, -0.15) is 13.2 Å². The zero-order chi connectivity index (χ0) is 19.1. The summed E-state index contributed by atoms with van der Waals surface area (Å²) in [4.78, 5) is -0.0981. The van der Waals surface area contributed by atoms with Crippen LogP contribution in [-0.4, -0.2) is 25.3 Å². The summed E-state index contributed by atoms with van der Waals surface area (Å²) >= 11 is 0. The Balaban J connectivity index is 2.00. The number of benzene rings is 2. The van der Waals surface area contributed by atoms with Gasteiger partial charge in [-0.3, -0.25) is 4.68 Å². The first kappa shape index (κ1) is 18.5. The SMILES string of the molecule is COc1nn(Cc2ccc(C(F)(F)F)cc2)c2ccc(S(=O)(=O)Cl)cc12. The van der Waals surface area contributed by atoms with E-state index in [1.807, 2.05) is 0 Å². The Morgan fingerprint density at radius 3 is 2.35 bits per heavy atom. The van der Waals surface area contributed by atoms with Crippen molar-refractivity contribution in [3.05, 3.63) is 53.6 Å². The van der Waals surface area contributed by atoms with Crippen LogP contribution in [0.3, 0.4) is 0 Å². The van der Waals surface area contributed by atoms with E-state index in [-0.39, 0.29) is 17.3 Å². The van der Waals surface area contributed by atoms with Gasteiger partial charge in [0, 0.05) is 10.7 Å². The normalized spacial score (nSPS) is 12.5. The third-order valence-electron chi connectivity index (χ3n) is 3.78. The van der Waals surface area contributed by atoms with Crippen molar-refractivity contribution in [1.82, 2.24) is 9.78 Å². The van der Waals surface area contributed by atoms with E-state index in [4.69, 9.17) is 15.4 Å². The summed E-state index contributed by atoms with van der Waals surface area (Å²) in [5.41, 5.74) is 0.422. The van der Waals surface area contributed by atoms with Crippen molar-refractivity contribution in [2.45, 2.75) is 17.6 Å². The Morgan fingerprint density at radius 1 is 1.15 bits per heavy atom. The van der Waals surface area contributed by atoms with Crippen molar-refractivity contribution in [2.75, 3.05) is 7.11 Å². The van der Waals surface area contributed by atoms with Crippen LogP contribution in [0.4, 0.5) is 13.2 Å². The second kappa shape index (κ2) is 6.48. The van der Waals surface area contributed by atoms with E-state index in [9.17, 15) is 21.6 Å². The molecule has 3 aromatic rings. The van der Waals surface area contributed by atoms with Crippen molar-refractivity contribution < 1.29 is 26.3 Å². The van der Waals surface area contributed by atoms with Crippen molar-refractivity contribution in [2.24, 2.45) is 0 Å². The van der Waals surface area contributed by atoms with Crippen LogP contribution in [-0.2, 0) is 21.8 Å². The quantitative estimate of drug-likeness (QED) is 0.616. The highest BCUT2D eigenvalue weighted by atomic mass is 35.7. The van der Waals surface area contributed by atoms with E-state index >= 15 is 0 Å². The topological polar surface area (TPSA) is 61.2 Å². The number of methoxy groups -OCH3 is 1. The zero-order valence-corrected chi connectivity index (χ0v) is 14.9. The fourth-order valence-corrected chi connectivity index (χ4v) is 3.30. The van der Waals surface area contributed by atoms with Gasteiger partial charge in [0.1, 0.15) is 0 Å². The molecule has 0 bridgehead atoms. The summed E-state index contributed by atoms with van der Waals surface area (Å²) in [7, 11) is 2.82. The van der Waals surface area contributed by atoms with Crippen LogP contribution in [0.25, 0.3) is 10.9 Å². The average Bonchev–Trinajstić information content (AvgIpc) is 2.91. The average molecular weight is 405 g/mol. The maximum absolute atomic E-state index is 12.6. The minimum absolute atomic E-state index is 0.0981. The number of ether oxygens (including phenoxy) is 1. The van der Waals surface area contributed by atoms with E-state index in [1.54, 1.807) is 0 Å². The van der Waals surface area contributed by atoms with Crippen molar-refractivity contribution in [1.29, 1.82) is 0 Å². The molecule has 1 heterocycles. The summed E-state index contributed by atoms with van der Waals surface area (Å²) in [6.45, 7) is 0.185. The molecule has 0 aliphatic carbocycles. The van der Waals surface area contributed by atoms with Gasteiger partial charge in [0.25, 0.3) is 9.05 Å². The lowest BCUT2D eigenvalue weighted by atomic mass is 10.1. The second-order valence-corrected chi connectivity index (χ2v) is 8.04. The molecule has 2 aromatic carbocycles. The summed E-state index contributed by atoms with van der Waals surface area (Å²) in [5.74, 6) is 0.189. The number of alkyl halides is 3. The molecule has 0 spiro atoms. The predicted molar refractivity (Wildman–Crippen MR) is 89.9 cm³/mol. The number of hydrogen-bond donors (Lipinski definition) is 0. The highest BCUT2D eigenvalue weighted by Crippen LogP contribution is 2.31. The van der Waals surface area contributed by atoms with Gasteiger partial charge >= 0.3 is 6.18 Å². The minimum Gasteiger partial charge on any atom is -0.479 e. The van der Waals surface area contributed by atoms with Crippen LogP contribution in [0, 0.1) is 0 Å². The smallest absolute Gasteiger partial charge is 0.416 e. The highest BCUT2D eigenvalue weighted by Gasteiger charge is 2.30. The number of halogens is 4.